The largest absolute Gasteiger partial charge is 0.388 e. The Morgan fingerprint density at radius 2 is 2.00 bits per heavy atom. The molecule has 0 unspecified atom stereocenters. The molecule has 1 aromatic rings. The van der Waals surface area contributed by atoms with Gasteiger partial charge >= 0.3 is 0 Å². The van der Waals surface area contributed by atoms with Gasteiger partial charge in [0.25, 0.3) is 5.91 Å². The Kier molecular flexibility index (Phi) is 2.84. The van der Waals surface area contributed by atoms with Crippen LogP contribution in [0, 0.1) is 5.82 Å². The second kappa shape index (κ2) is 4.15. The molecule has 1 amide bonds. The fourth-order valence-electron chi connectivity index (χ4n) is 1.65. The lowest BCUT2D eigenvalue weighted by Crippen LogP contribution is -2.29. The Morgan fingerprint density at radius 1 is 1.38 bits per heavy atom. The summed E-state index contributed by atoms with van der Waals surface area (Å²) in [6, 6.07) is 1.08. The summed E-state index contributed by atoms with van der Waals surface area (Å²) >= 11 is 0. The van der Waals surface area contributed by atoms with Gasteiger partial charge in [0.1, 0.15) is 5.82 Å². The summed E-state index contributed by atoms with van der Waals surface area (Å²) in [6.07, 6.45) is 0.378. The van der Waals surface area contributed by atoms with Gasteiger partial charge in [-0.05, 0) is 6.07 Å². The van der Waals surface area contributed by atoms with Crippen LogP contribution >= 0.6 is 0 Å². The summed E-state index contributed by atoms with van der Waals surface area (Å²) in [5.41, 5.74) is 0.112. The Morgan fingerprint density at radius 3 is 2.56 bits per heavy atom. The number of aliphatic hydroxyl groups is 2. The van der Waals surface area contributed by atoms with Gasteiger partial charge in [0.15, 0.2) is 0 Å². The minimum Gasteiger partial charge on any atom is -0.388 e. The number of likely N-dealkylation sites (tertiary alicyclic amines) is 1. The van der Waals surface area contributed by atoms with E-state index in [0.717, 1.165) is 12.3 Å². The maximum Gasteiger partial charge on any atom is 0.255 e. The van der Waals surface area contributed by atoms with Crippen molar-refractivity contribution in [3.8, 4) is 0 Å². The number of β-amino-alcohol motifs (C(OH)–C–C–N with tert-alkyl or cyclic N) is 2. The third kappa shape index (κ3) is 2.02. The molecule has 5 nitrogen and oxygen atoms in total. The number of amides is 1. The SMILES string of the molecule is O=C(c1cncc(F)c1)N1C[C@@H](O)[C@@H](O)C1. The van der Waals surface area contributed by atoms with Crippen LogP contribution in [0.25, 0.3) is 0 Å². The first-order valence-corrected chi connectivity index (χ1v) is 4.84. The Balaban J connectivity index is 2.14. The second-order valence-electron chi connectivity index (χ2n) is 3.74. The molecule has 1 fully saturated rings. The predicted molar refractivity (Wildman–Crippen MR) is 52.1 cm³/mol. The summed E-state index contributed by atoms with van der Waals surface area (Å²) in [5.74, 6) is -1.03. The van der Waals surface area contributed by atoms with Gasteiger partial charge in [0.05, 0.1) is 24.0 Å². The first-order valence-electron chi connectivity index (χ1n) is 4.84. The molecule has 0 aromatic carbocycles. The number of hydrogen-bond donors (Lipinski definition) is 2. The second-order valence-corrected chi connectivity index (χ2v) is 3.74. The highest BCUT2D eigenvalue weighted by molar-refractivity contribution is 5.94. The topological polar surface area (TPSA) is 73.7 Å². The average molecular weight is 226 g/mol. The van der Waals surface area contributed by atoms with E-state index in [1.165, 1.54) is 11.1 Å². The summed E-state index contributed by atoms with van der Waals surface area (Å²) < 4.78 is 12.8. The fourth-order valence-corrected chi connectivity index (χ4v) is 1.65. The van der Waals surface area contributed by atoms with Gasteiger partial charge in [-0.15, -0.1) is 0 Å². The molecule has 86 valence electrons. The third-order valence-electron chi connectivity index (χ3n) is 2.50. The molecule has 1 aliphatic heterocycles. The standard InChI is InChI=1S/C10H11FN2O3/c11-7-1-6(2-12-3-7)10(16)13-4-8(14)9(15)5-13/h1-3,8-9,14-15H,4-5H2/t8-,9+. The van der Waals surface area contributed by atoms with E-state index >= 15 is 0 Å². The lowest BCUT2D eigenvalue weighted by atomic mass is 10.2. The molecule has 0 spiro atoms. The molecule has 2 rings (SSSR count). The van der Waals surface area contributed by atoms with E-state index in [1.54, 1.807) is 0 Å². The Bertz CT molecular complexity index is 403. The zero-order valence-electron chi connectivity index (χ0n) is 8.38. The van der Waals surface area contributed by atoms with Crippen LogP contribution in [-0.4, -0.2) is 51.3 Å². The summed E-state index contributed by atoms with van der Waals surface area (Å²) in [6.45, 7) is 0.104. The van der Waals surface area contributed by atoms with E-state index in [-0.39, 0.29) is 18.7 Å². The third-order valence-corrected chi connectivity index (χ3v) is 2.50. The van der Waals surface area contributed by atoms with E-state index in [2.05, 4.69) is 4.98 Å². The van der Waals surface area contributed by atoms with Crippen LogP contribution in [0.3, 0.4) is 0 Å². The molecule has 6 heteroatoms. The van der Waals surface area contributed by atoms with Crippen molar-refractivity contribution in [2.45, 2.75) is 12.2 Å². The number of nitrogens with zero attached hydrogens (tertiary/aromatic N) is 2. The van der Waals surface area contributed by atoms with E-state index in [0.29, 0.717) is 0 Å². The minimum absolute atomic E-state index is 0.0521. The van der Waals surface area contributed by atoms with Crippen LogP contribution in [0.15, 0.2) is 18.5 Å². The molecule has 2 N–H and O–H groups in total. The molecule has 2 atom stereocenters. The van der Waals surface area contributed by atoms with Crippen molar-refractivity contribution in [1.29, 1.82) is 0 Å². The van der Waals surface area contributed by atoms with E-state index in [1.807, 2.05) is 0 Å². The first kappa shape index (κ1) is 11.0. The van der Waals surface area contributed by atoms with Crippen molar-refractivity contribution in [3.63, 3.8) is 0 Å². The summed E-state index contributed by atoms with van der Waals surface area (Å²) in [5, 5.41) is 18.6. The van der Waals surface area contributed by atoms with Crippen LogP contribution in [0.5, 0.6) is 0 Å². The molecular formula is C10H11FN2O3. The van der Waals surface area contributed by atoms with Crippen molar-refractivity contribution in [2.24, 2.45) is 0 Å². The first-order chi connectivity index (χ1) is 7.58. The van der Waals surface area contributed by atoms with Gasteiger partial charge in [0, 0.05) is 19.3 Å². The van der Waals surface area contributed by atoms with Crippen molar-refractivity contribution < 1.29 is 19.4 Å². The maximum absolute atomic E-state index is 12.8. The molecule has 0 saturated carbocycles. The van der Waals surface area contributed by atoms with Crippen molar-refractivity contribution in [1.82, 2.24) is 9.88 Å². The number of hydrogen-bond acceptors (Lipinski definition) is 4. The number of aromatic nitrogens is 1. The van der Waals surface area contributed by atoms with Crippen LogP contribution in [0.2, 0.25) is 0 Å². The number of aliphatic hydroxyl groups excluding tert-OH is 2. The molecule has 1 aliphatic rings. The minimum atomic E-state index is -0.939. The molecule has 16 heavy (non-hydrogen) atoms. The van der Waals surface area contributed by atoms with Crippen LogP contribution in [-0.2, 0) is 0 Å². The molecule has 0 radical (unpaired) electrons. The molecule has 2 heterocycles. The number of carbonyl (C=O) groups excluding carboxylic acids is 1. The highest BCUT2D eigenvalue weighted by atomic mass is 19.1. The van der Waals surface area contributed by atoms with E-state index in [9.17, 15) is 19.4 Å². The number of carbonyl (C=O) groups is 1. The summed E-state index contributed by atoms with van der Waals surface area (Å²) in [7, 11) is 0. The van der Waals surface area contributed by atoms with E-state index in [4.69, 9.17) is 0 Å². The van der Waals surface area contributed by atoms with Gasteiger partial charge < -0.3 is 15.1 Å². The number of halogens is 1. The lowest BCUT2D eigenvalue weighted by Gasteiger charge is -2.14. The van der Waals surface area contributed by atoms with Crippen molar-refractivity contribution in [2.75, 3.05) is 13.1 Å². The highest BCUT2D eigenvalue weighted by Gasteiger charge is 2.33. The van der Waals surface area contributed by atoms with Gasteiger partial charge in [-0.3, -0.25) is 9.78 Å². The van der Waals surface area contributed by atoms with Crippen LogP contribution in [0.4, 0.5) is 4.39 Å². The van der Waals surface area contributed by atoms with Crippen LogP contribution < -0.4 is 0 Å². The predicted octanol–water partition coefficient (Wildman–Crippen LogP) is -0.602. The summed E-state index contributed by atoms with van der Waals surface area (Å²) in [4.78, 5) is 16.6. The molecular weight excluding hydrogens is 215 g/mol. The van der Waals surface area contributed by atoms with Gasteiger partial charge in [-0.25, -0.2) is 4.39 Å². The molecule has 1 saturated heterocycles. The van der Waals surface area contributed by atoms with E-state index < -0.39 is 23.9 Å². The average Bonchev–Trinajstić information content (AvgIpc) is 2.58. The zero-order chi connectivity index (χ0) is 11.7. The van der Waals surface area contributed by atoms with Crippen molar-refractivity contribution >= 4 is 5.91 Å². The van der Waals surface area contributed by atoms with Gasteiger partial charge in [0.2, 0.25) is 0 Å². The smallest absolute Gasteiger partial charge is 0.255 e. The highest BCUT2D eigenvalue weighted by Crippen LogP contribution is 2.14. The number of pyridine rings is 1. The fraction of sp³-hybridized carbons (Fsp3) is 0.400. The Hall–Kier alpha value is -1.53. The molecule has 1 aromatic heterocycles. The monoisotopic (exact) mass is 226 g/mol. The maximum atomic E-state index is 12.8. The Labute approximate surface area is 91.1 Å². The lowest BCUT2D eigenvalue weighted by molar-refractivity contribution is 0.0572. The van der Waals surface area contributed by atoms with Crippen LogP contribution in [0.1, 0.15) is 10.4 Å². The van der Waals surface area contributed by atoms with Gasteiger partial charge in [-0.1, -0.05) is 0 Å². The zero-order valence-corrected chi connectivity index (χ0v) is 8.38. The normalized spacial score (nSPS) is 24.8. The molecule has 0 aliphatic carbocycles. The quantitative estimate of drug-likeness (QED) is 0.670. The number of rotatable bonds is 1. The molecule has 0 bridgehead atoms. The van der Waals surface area contributed by atoms with Crippen molar-refractivity contribution in [3.05, 3.63) is 29.8 Å². The van der Waals surface area contributed by atoms with Gasteiger partial charge in [-0.2, -0.15) is 0 Å².